The Morgan fingerprint density at radius 2 is 1.67 bits per heavy atom. The summed E-state index contributed by atoms with van der Waals surface area (Å²) in [5.74, 6) is -0.631. The molecule has 3 N–H and O–H groups in total. The molecule has 7 nitrogen and oxygen atoms in total. The lowest BCUT2D eigenvalue weighted by Crippen LogP contribution is -2.36. The van der Waals surface area contributed by atoms with Crippen LogP contribution in [0.25, 0.3) is 0 Å². The lowest BCUT2D eigenvalue weighted by atomic mass is 10.1. The summed E-state index contributed by atoms with van der Waals surface area (Å²) in [5.41, 5.74) is 1.13. The van der Waals surface area contributed by atoms with Gasteiger partial charge in [0.2, 0.25) is 11.8 Å². The van der Waals surface area contributed by atoms with Crippen molar-refractivity contribution in [1.29, 1.82) is 0 Å². The first-order valence-corrected chi connectivity index (χ1v) is 7.97. The lowest BCUT2D eigenvalue weighted by molar-refractivity contribution is -0.125. The fraction of sp³-hybridized carbons (Fsp3) is 0.471. The first-order chi connectivity index (χ1) is 11.4. The van der Waals surface area contributed by atoms with Crippen LogP contribution in [-0.2, 0) is 14.3 Å². The molecule has 0 bridgehead atoms. The van der Waals surface area contributed by atoms with Crippen LogP contribution < -0.4 is 16.0 Å². The third-order valence-electron chi connectivity index (χ3n) is 3.11. The molecule has 0 fully saturated rings. The number of amides is 3. The van der Waals surface area contributed by atoms with Crippen molar-refractivity contribution in [3.05, 3.63) is 29.8 Å². The smallest absolute Gasteiger partial charge is 0.251 e. The Hall–Kier alpha value is -2.41. The maximum atomic E-state index is 12.0. The second kappa shape index (κ2) is 10.4. The molecule has 3 amide bonds. The van der Waals surface area contributed by atoms with E-state index in [9.17, 15) is 14.4 Å². The van der Waals surface area contributed by atoms with Gasteiger partial charge in [0.15, 0.2) is 0 Å². The van der Waals surface area contributed by atoms with E-state index in [1.807, 2.05) is 20.8 Å². The molecule has 0 heterocycles. The second-order valence-corrected chi connectivity index (χ2v) is 5.46. The summed E-state index contributed by atoms with van der Waals surface area (Å²) < 4.78 is 4.97. The minimum Gasteiger partial charge on any atom is -0.372 e. The number of benzene rings is 1. The Morgan fingerprint density at radius 1 is 1.04 bits per heavy atom. The summed E-state index contributed by atoms with van der Waals surface area (Å²) in [7, 11) is 0. The summed E-state index contributed by atoms with van der Waals surface area (Å²) in [6.07, 6.45) is 0. The Balaban J connectivity index is 2.35. The standard InChI is InChI=1S/C17H25N3O4/c1-4-24-11-15(21)18-9-10-19-17(23)13-5-7-14(8-6-13)20-16(22)12(2)3/h5-8,12H,4,9-11H2,1-3H3,(H,18,21)(H,19,23)(H,20,22). The van der Waals surface area contributed by atoms with Crippen molar-refractivity contribution in [3.63, 3.8) is 0 Å². The van der Waals surface area contributed by atoms with Gasteiger partial charge in [-0.3, -0.25) is 14.4 Å². The highest BCUT2D eigenvalue weighted by Gasteiger charge is 2.09. The number of hydrogen-bond donors (Lipinski definition) is 3. The first kappa shape index (κ1) is 19.6. The molecule has 0 aliphatic heterocycles. The van der Waals surface area contributed by atoms with Gasteiger partial charge < -0.3 is 20.7 Å². The molecule has 0 aromatic heterocycles. The van der Waals surface area contributed by atoms with E-state index in [-0.39, 0.29) is 30.2 Å². The molecule has 1 aromatic carbocycles. The third-order valence-corrected chi connectivity index (χ3v) is 3.11. The van der Waals surface area contributed by atoms with E-state index in [1.165, 1.54) is 0 Å². The maximum absolute atomic E-state index is 12.0. The zero-order valence-electron chi connectivity index (χ0n) is 14.3. The van der Waals surface area contributed by atoms with Crippen molar-refractivity contribution in [2.75, 3.05) is 31.6 Å². The SMILES string of the molecule is CCOCC(=O)NCCNC(=O)c1ccc(NC(=O)C(C)C)cc1. The van der Waals surface area contributed by atoms with Gasteiger partial charge in [0.25, 0.3) is 5.91 Å². The van der Waals surface area contributed by atoms with Crippen LogP contribution >= 0.6 is 0 Å². The van der Waals surface area contributed by atoms with Crippen molar-refractivity contribution < 1.29 is 19.1 Å². The average molecular weight is 335 g/mol. The summed E-state index contributed by atoms with van der Waals surface area (Å²) >= 11 is 0. The summed E-state index contributed by atoms with van der Waals surface area (Å²) in [4.78, 5) is 34.9. The average Bonchev–Trinajstić information content (AvgIpc) is 2.57. The summed E-state index contributed by atoms with van der Waals surface area (Å²) in [6, 6.07) is 6.63. The number of nitrogens with one attached hydrogen (secondary N) is 3. The van der Waals surface area contributed by atoms with Crippen LogP contribution in [0.5, 0.6) is 0 Å². The van der Waals surface area contributed by atoms with E-state index in [0.717, 1.165) is 0 Å². The highest BCUT2D eigenvalue weighted by Crippen LogP contribution is 2.10. The van der Waals surface area contributed by atoms with Gasteiger partial charge in [0, 0.05) is 36.9 Å². The van der Waals surface area contributed by atoms with E-state index < -0.39 is 0 Å². The van der Waals surface area contributed by atoms with Gasteiger partial charge in [-0.05, 0) is 31.2 Å². The molecule has 0 aliphatic carbocycles. The zero-order chi connectivity index (χ0) is 17.9. The minimum absolute atomic E-state index is 0.0218. The molecule has 1 rings (SSSR count). The van der Waals surface area contributed by atoms with Gasteiger partial charge in [-0.1, -0.05) is 13.8 Å². The van der Waals surface area contributed by atoms with Crippen LogP contribution in [0.4, 0.5) is 5.69 Å². The monoisotopic (exact) mass is 335 g/mol. The number of anilines is 1. The zero-order valence-corrected chi connectivity index (χ0v) is 14.3. The summed E-state index contributed by atoms with van der Waals surface area (Å²) in [6.45, 7) is 6.59. The molecule has 24 heavy (non-hydrogen) atoms. The van der Waals surface area contributed by atoms with E-state index in [2.05, 4.69) is 16.0 Å². The highest BCUT2D eigenvalue weighted by atomic mass is 16.5. The molecule has 0 spiro atoms. The molecule has 132 valence electrons. The van der Waals surface area contributed by atoms with Crippen molar-refractivity contribution >= 4 is 23.4 Å². The van der Waals surface area contributed by atoms with Crippen molar-refractivity contribution in [1.82, 2.24) is 10.6 Å². The van der Waals surface area contributed by atoms with Gasteiger partial charge in [-0.15, -0.1) is 0 Å². The number of carbonyl (C=O) groups is 3. The molecule has 0 saturated carbocycles. The molecular formula is C17H25N3O4. The first-order valence-electron chi connectivity index (χ1n) is 7.97. The number of hydrogen-bond acceptors (Lipinski definition) is 4. The quantitative estimate of drug-likeness (QED) is 0.590. The van der Waals surface area contributed by atoms with Crippen molar-refractivity contribution in [2.45, 2.75) is 20.8 Å². The third kappa shape index (κ3) is 7.23. The molecule has 0 saturated heterocycles. The van der Waals surface area contributed by atoms with Gasteiger partial charge in [-0.2, -0.15) is 0 Å². The summed E-state index contributed by atoms with van der Waals surface area (Å²) in [5, 5.41) is 8.11. The Kier molecular flexibility index (Phi) is 8.49. The van der Waals surface area contributed by atoms with E-state index in [0.29, 0.717) is 30.9 Å². The number of rotatable bonds is 9. The molecular weight excluding hydrogens is 310 g/mol. The Labute approximate surface area is 142 Å². The van der Waals surface area contributed by atoms with Crippen molar-refractivity contribution in [3.8, 4) is 0 Å². The van der Waals surface area contributed by atoms with E-state index in [1.54, 1.807) is 24.3 Å². The van der Waals surface area contributed by atoms with Gasteiger partial charge in [0.1, 0.15) is 6.61 Å². The molecule has 7 heteroatoms. The largest absolute Gasteiger partial charge is 0.372 e. The van der Waals surface area contributed by atoms with Gasteiger partial charge >= 0.3 is 0 Å². The number of ether oxygens (including phenoxy) is 1. The minimum atomic E-state index is -0.240. The highest BCUT2D eigenvalue weighted by molar-refractivity contribution is 5.96. The van der Waals surface area contributed by atoms with Crippen LogP contribution in [0.3, 0.4) is 0 Å². The van der Waals surface area contributed by atoms with Gasteiger partial charge in [0.05, 0.1) is 0 Å². The van der Waals surface area contributed by atoms with E-state index >= 15 is 0 Å². The molecule has 0 radical (unpaired) electrons. The molecule has 0 aliphatic rings. The topological polar surface area (TPSA) is 96.5 Å². The fourth-order valence-corrected chi connectivity index (χ4v) is 1.72. The van der Waals surface area contributed by atoms with Crippen LogP contribution in [0.1, 0.15) is 31.1 Å². The van der Waals surface area contributed by atoms with Crippen LogP contribution in [0, 0.1) is 5.92 Å². The molecule has 1 aromatic rings. The Bertz CT molecular complexity index is 555. The van der Waals surface area contributed by atoms with Crippen LogP contribution in [0.2, 0.25) is 0 Å². The second-order valence-electron chi connectivity index (χ2n) is 5.46. The maximum Gasteiger partial charge on any atom is 0.251 e. The predicted octanol–water partition coefficient (Wildman–Crippen LogP) is 1.16. The molecule has 0 atom stereocenters. The van der Waals surface area contributed by atoms with Crippen LogP contribution in [-0.4, -0.2) is 44.0 Å². The lowest BCUT2D eigenvalue weighted by Gasteiger charge is -2.09. The van der Waals surface area contributed by atoms with Crippen LogP contribution in [0.15, 0.2) is 24.3 Å². The number of carbonyl (C=O) groups excluding carboxylic acids is 3. The fourth-order valence-electron chi connectivity index (χ4n) is 1.72. The van der Waals surface area contributed by atoms with Gasteiger partial charge in [-0.25, -0.2) is 0 Å². The van der Waals surface area contributed by atoms with E-state index in [4.69, 9.17) is 4.74 Å². The predicted molar refractivity (Wildman–Crippen MR) is 91.7 cm³/mol. The van der Waals surface area contributed by atoms with Crippen molar-refractivity contribution in [2.24, 2.45) is 5.92 Å². The Morgan fingerprint density at radius 3 is 2.25 bits per heavy atom. The normalized spacial score (nSPS) is 10.3. The molecule has 0 unspecified atom stereocenters.